The Hall–Kier alpha value is -1.57. The first-order valence-electron chi connectivity index (χ1n) is 7.40. The van der Waals surface area contributed by atoms with E-state index in [0.29, 0.717) is 10.9 Å². The van der Waals surface area contributed by atoms with E-state index >= 15 is 0 Å². The minimum Gasteiger partial charge on any atom is -0.497 e. The van der Waals surface area contributed by atoms with Gasteiger partial charge >= 0.3 is 0 Å². The van der Waals surface area contributed by atoms with Crippen molar-refractivity contribution in [3.63, 3.8) is 0 Å². The Morgan fingerprint density at radius 3 is 2.64 bits per heavy atom. The maximum absolute atomic E-state index is 8.99. The quantitative estimate of drug-likeness (QED) is 0.640. The van der Waals surface area contributed by atoms with E-state index in [1.807, 2.05) is 18.2 Å². The smallest absolute Gasteiger partial charge is 0.173 e. The van der Waals surface area contributed by atoms with Crippen molar-refractivity contribution in [1.29, 1.82) is 0 Å². The number of aliphatic hydroxyl groups is 1. The second-order valence-electron chi connectivity index (χ2n) is 5.21. The van der Waals surface area contributed by atoms with Crippen molar-refractivity contribution in [3.8, 4) is 11.5 Å². The van der Waals surface area contributed by atoms with Crippen LogP contribution in [0.3, 0.4) is 0 Å². The molecule has 1 aliphatic heterocycles. The molecule has 0 aromatic heterocycles. The molecule has 0 atom stereocenters. The maximum Gasteiger partial charge on any atom is 0.173 e. The number of thiocarbonyl (C=S) groups is 1. The van der Waals surface area contributed by atoms with Crippen LogP contribution >= 0.6 is 12.2 Å². The molecule has 7 heteroatoms. The average Bonchev–Trinajstić information content (AvgIpc) is 2.56. The molecule has 1 fully saturated rings. The van der Waals surface area contributed by atoms with E-state index in [2.05, 4.69) is 10.2 Å². The van der Waals surface area contributed by atoms with Crippen LogP contribution in [0.2, 0.25) is 0 Å². The van der Waals surface area contributed by atoms with E-state index < -0.39 is 0 Å². The molecule has 3 N–H and O–H groups in total. The molecule has 1 aromatic carbocycles. The molecule has 0 amide bonds. The molecule has 1 aromatic rings. The molecule has 1 heterocycles. The van der Waals surface area contributed by atoms with Crippen LogP contribution in [-0.4, -0.2) is 68.7 Å². The minimum atomic E-state index is 0.237. The van der Waals surface area contributed by atoms with Crippen LogP contribution in [0.5, 0.6) is 11.5 Å². The van der Waals surface area contributed by atoms with Gasteiger partial charge in [-0.3, -0.25) is 0 Å². The monoisotopic (exact) mass is 326 g/mol. The number of piperazine rings is 1. The molecule has 22 heavy (non-hydrogen) atoms. The van der Waals surface area contributed by atoms with Gasteiger partial charge in [0.1, 0.15) is 18.0 Å². The summed E-state index contributed by atoms with van der Waals surface area (Å²) in [5, 5.41) is 12.9. The van der Waals surface area contributed by atoms with Gasteiger partial charge in [0.15, 0.2) is 5.11 Å². The van der Waals surface area contributed by atoms with Crippen LogP contribution in [0.25, 0.3) is 0 Å². The van der Waals surface area contributed by atoms with Crippen molar-refractivity contribution >= 4 is 23.0 Å². The number of nitrogens with zero attached hydrogens (tertiary/aromatic N) is 1. The summed E-state index contributed by atoms with van der Waals surface area (Å²) >= 11 is 5.50. The molecule has 6 nitrogen and oxygen atoms in total. The van der Waals surface area contributed by atoms with Gasteiger partial charge in [-0.2, -0.15) is 0 Å². The summed E-state index contributed by atoms with van der Waals surface area (Å²) in [6.07, 6.45) is 0. The fourth-order valence-corrected chi connectivity index (χ4v) is 2.82. The van der Waals surface area contributed by atoms with Gasteiger partial charge in [-0.15, -0.1) is 0 Å². The number of rotatable bonds is 5. The van der Waals surface area contributed by atoms with Gasteiger partial charge in [0.05, 0.1) is 52.7 Å². The average molecular weight is 326 g/mol. The molecule has 0 bridgehead atoms. The van der Waals surface area contributed by atoms with E-state index in [9.17, 15) is 0 Å². The van der Waals surface area contributed by atoms with Crippen molar-refractivity contribution in [2.75, 3.05) is 58.9 Å². The van der Waals surface area contributed by atoms with Gasteiger partial charge < -0.3 is 29.7 Å². The van der Waals surface area contributed by atoms with Gasteiger partial charge in [0.25, 0.3) is 0 Å². The largest absolute Gasteiger partial charge is 0.497 e. The highest BCUT2D eigenvalue weighted by atomic mass is 32.1. The molecule has 0 radical (unpaired) electrons. The number of anilines is 1. The summed E-state index contributed by atoms with van der Waals surface area (Å²) in [5.74, 6) is 1.45. The number of aliphatic hydroxyl groups excluding tert-OH is 1. The molecule has 1 saturated heterocycles. The summed E-state index contributed by atoms with van der Waals surface area (Å²) in [6.45, 7) is 4.80. The lowest BCUT2D eigenvalue weighted by molar-refractivity contribution is -0.904. The van der Waals surface area contributed by atoms with Crippen molar-refractivity contribution in [1.82, 2.24) is 4.90 Å². The first-order chi connectivity index (χ1) is 10.7. The third kappa shape index (κ3) is 4.22. The lowest BCUT2D eigenvalue weighted by Crippen LogP contribution is -3.15. The minimum absolute atomic E-state index is 0.237. The zero-order valence-electron chi connectivity index (χ0n) is 13.1. The topological polar surface area (TPSA) is 58.4 Å². The Balaban J connectivity index is 1.95. The van der Waals surface area contributed by atoms with Crippen LogP contribution < -0.4 is 19.7 Å². The molecular weight excluding hydrogens is 302 g/mol. The predicted octanol–water partition coefficient (Wildman–Crippen LogP) is -0.407. The number of nitrogens with one attached hydrogen (secondary N) is 2. The number of quaternary nitrogens is 1. The zero-order valence-corrected chi connectivity index (χ0v) is 13.9. The molecule has 0 spiro atoms. The van der Waals surface area contributed by atoms with E-state index in [1.165, 1.54) is 4.90 Å². The number of benzene rings is 1. The number of ether oxygens (including phenoxy) is 2. The molecule has 122 valence electrons. The SMILES string of the molecule is COc1ccc(NC(=S)N2CC[NH+](CCO)CC2)c(OC)c1. The highest BCUT2D eigenvalue weighted by Crippen LogP contribution is 2.29. The third-order valence-electron chi connectivity index (χ3n) is 3.87. The molecule has 2 rings (SSSR count). The normalized spacial score (nSPS) is 15.5. The molecular formula is C15H24N3O3S+. The van der Waals surface area contributed by atoms with Crippen LogP contribution in [0.15, 0.2) is 18.2 Å². The maximum atomic E-state index is 8.99. The fourth-order valence-electron chi connectivity index (χ4n) is 2.53. The molecule has 0 saturated carbocycles. The van der Waals surface area contributed by atoms with E-state index in [1.54, 1.807) is 14.2 Å². The van der Waals surface area contributed by atoms with E-state index in [-0.39, 0.29) is 6.61 Å². The lowest BCUT2D eigenvalue weighted by Gasteiger charge is -2.33. The van der Waals surface area contributed by atoms with Crippen LogP contribution in [-0.2, 0) is 0 Å². The van der Waals surface area contributed by atoms with Crippen molar-refractivity contribution in [2.45, 2.75) is 0 Å². The Bertz CT molecular complexity index is 505. The van der Waals surface area contributed by atoms with E-state index in [0.717, 1.165) is 44.2 Å². The summed E-state index contributed by atoms with van der Waals surface area (Å²) in [7, 11) is 3.25. The highest BCUT2D eigenvalue weighted by molar-refractivity contribution is 7.80. The Kier molecular flexibility index (Phi) is 6.23. The van der Waals surface area contributed by atoms with Gasteiger partial charge in [-0.05, 0) is 24.4 Å². The molecule has 0 unspecified atom stereocenters. The van der Waals surface area contributed by atoms with Crippen LogP contribution in [0.4, 0.5) is 5.69 Å². The summed E-state index contributed by atoms with van der Waals surface area (Å²) < 4.78 is 10.6. The summed E-state index contributed by atoms with van der Waals surface area (Å²) in [6, 6.07) is 5.60. The summed E-state index contributed by atoms with van der Waals surface area (Å²) in [5.41, 5.74) is 0.832. The van der Waals surface area contributed by atoms with Crippen molar-refractivity contribution in [2.24, 2.45) is 0 Å². The molecule has 0 aliphatic carbocycles. The Morgan fingerprint density at radius 2 is 2.05 bits per heavy atom. The lowest BCUT2D eigenvalue weighted by atomic mass is 10.2. The number of methoxy groups -OCH3 is 2. The van der Waals surface area contributed by atoms with Gasteiger partial charge in [-0.25, -0.2) is 0 Å². The summed E-state index contributed by atoms with van der Waals surface area (Å²) in [4.78, 5) is 3.57. The number of hydrogen-bond acceptors (Lipinski definition) is 4. The second kappa shape index (κ2) is 8.17. The Morgan fingerprint density at radius 1 is 1.32 bits per heavy atom. The second-order valence-corrected chi connectivity index (χ2v) is 5.59. The van der Waals surface area contributed by atoms with Crippen molar-refractivity contribution in [3.05, 3.63) is 18.2 Å². The molecule has 1 aliphatic rings. The van der Waals surface area contributed by atoms with Crippen molar-refractivity contribution < 1.29 is 19.5 Å². The first-order valence-corrected chi connectivity index (χ1v) is 7.81. The van der Waals surface area contributed by atoms with Crippen LogP contribution in [0, 0.1) is 0 Å². The number of hydrogen-bond donors (Lipinski definition) is 3. The highest BCUT2D eigenvalue weighted by Gasteiger charge is 2.21. The standard InChI is InChI=1S/C15H23N3O3S/c1-20-12-3-4-13(14(11-12)21-2)16-15(22)18-7-5-17(6-8-18)9-10-19/h3-4,11,19H,5-10H2,1-2H3,(H,16,22)/p+1. The Labute approximate surface area is 136 Å². The fraction of sp³-hybridized carbons (Fsp3) is 0.533. The predicted molar refractivity (Wildman–Crippen MR) is 90.0 cm³/mol. The van der Waals surface area contributed by atoms with Gasteiger partial charge in [0, 0.05) is 6.07 Å². The van der Waals surface area contributed by atoms with E-state index in [4.69, 9.17) is 26.8 Å². The zero-order chi connectivity index (χ0) is 15.9. The van der Waals surface area contributed by atoms with Gasteiger partial charge in [0.2, 0.25) is 0 Å². The first kappa shape index (κ1) is 16.8. The third-order valence-corrected chi connectivity index (χ3v) is 4.23. The van der Waals surface area contributed by atoms with Crippen LogP contribution in [0.1, 0.15) is 0 Å². The van der Waals surface area contributed by atoms with Gasteiger partial charge in [-0.1, -0.05) is 0 Å².